The van der Waals surface area contributed by atoms with Crippen LogP contribution >= 0.6 is 22.7 Å². The summed E-state index contributed by atoms with van der Waals surface area (Å²) in [5, 5.41) is 8.22. The van der Waals surface area contributed by atoms with Crippen LogP contribution in [0.4, 0.5) is 0 Å². The number of carbonyl (C=O) groups excluding carboxylic acids is 3. The van der Waals surface area contributed by atoms with E-state index in [4.69, 9.17) is 4.74 Å². The molecule has 1 aliphatic heterocycles. The Hall–Kier alpha value is -2.19. The Bertz CT molecular complexity index is 743. The summed E-state index contributed by atoms with van der Waals surface area (Å²) in [6.45, 7) is 0.623. The number of hydrogen-bond acceptors (Lipinski definition) is 6. The van der Waals surface area contributed by atoms with Crippen molar-refractivity contribution in [1.82, 2.24) is 10.2 Å². The first-order valence-electron chi connectivity index (χ1n) is 8.44. The standard InChI is InChI=1S/C18H20N2O4S2/c21-16(20-8-1-3-14(20)15-4-2-9-26-15)11-24-17(22)5-7-19-18(23)13-6-10-25-12-13/h2,4,6,9-10,12,14H,1,3,5,7-8,11H2,(H,19,23). The van der Waals surface area contributed by atoms with Gasteiger partial charge in [-0.15, -0.1) is 11.3 Å². The zero-order chi connectivity index (χ0) is 18.4. The molecule has 1 saturated heterocycles. The smallest absolute Gasteiger partial charge is 0.308 e. The minimum atomic E-state index is -0.490. The molecular weight excluding hydrogens is 372 g/mol. The van der Waals surface area contributed by atoms with Crippen LogP contribution in [0.5, 0.6) is 0 Å². The van der Waals surface area contributed by atoms with Gasteiger partial charge in [0.2, 0.25) is 0 Å². The Kier molecular flexibility index (Phi) is 6.40. The van der Waals surface area contributed by atoms with Crippen molar-refractivity contribution in [2.45, 2.75) is 25.3 Å². The molecule has 0 radical (unpaired) electrons. The van der Waals surface area contributed by atoms with Gasteiger partial charge in [-0.25, -0.2) is 0 Å². The van der Waals surface area contributed by atoms with E-state index in [-0.39, 0.29) is 37.4 Å². The number of amides is 2. The van der Waals surface area contributed by atoms with Crippen molar-refractivity contribution >= 4 is 40.5 Å². The molecule has 2 aromatic heterocycles. The summed E-state index contributed by atoms with van der Waals surface area (Å²) in [7, 11) is 0. The average Bonchev–Trinajstić information content (AvgIpc) is 3.40. The molecule has 26 heavy (non-hydrogen) atoms. The second-order valence-electron chi connectivity index (χ2n) is 5.94. The molecule has 1 N–H and O–H groups in total. The highest BCUT2D eigenvalue weighted by atomic mass is 32.1. The Morgan fingerprint density at radius 2 is 2.15 bits per heavy atom. The molecule has 138 valence electrons. The minimum Gasteiger partial charge on any atom is -0.456 e. The molecular formula is C18H20N2O4S2. The number of hydrogen-bond donors (Lipinski definition) is 1. The summed E-state index contributed by atoms with van der Waals surface area (Å²) in [4.78, 5) is 38.9. The third kappa shape index (κ3) is 4.70. The SMILES string of the molecule is O=C(CCNC(=O)c1ccsc1)OCC(=O)N1CCCC1c1cccs1. The molecule has 0 aromatic carbocycles. The van der Waals surface area contributed by atoms with Gasteiger partial charge in [-0.05, 0) is 35.7 Å². The van der Waals surface area contributed by atoms with Crippen LogP contribution in [-0.4, -0.2) is 42.4 Å². The monoisotopic (exact) mass is 392 g/mol. The number of esters is 1. The molecule has 8 heteroatoms. The molecule has 0 saturated carbocycles. The van der Waals surface area contributed by atoms with E-state index in [1.807, 2.05) is 22.9 Å². The second-order valence-corrected chi connectivity index (χ2v) is 7.70. The van der Waals surface area contributed by atoms with Gasteiger partial charge in [0.05, 0.1) is 12.5 Å². The fourth-order valence-electron chi connectivity index (χ4n) is 2.91. The van der Waals surface area contributed by atoms with Crippen molar-refractivity contribution in [3.05, 3.63) is 44.8 Å². The van der Waals surface area contributed by atoms with Crippen molar-refractivity contribution < 1.29 is 19.1 Å². The fraction of sp³-hybridized carbons (Fsp3) is 0.389. The summed E-state index contributed by atoms with van der Waals surface area (Å²) in [6, 6.07) is 5.82. The lowest BCUT2D eigenvalue weighted by Crippen LogP contribution is -2.34. The van der Waals surface area contributed by atoms with Gasteiger partial charge in [0.25, 0.3) is 11.8 Å². The summed E-state index contributed by atoms with van der Waals surface area (Å²) < 4.78 is 5.08. The summed E-state index contributed by atoms with van der Waals surface area (Å²) in [5.41, 5.74) is 0.576. The summed E-state index contributed by atoms with van der Waals surface area (Å²) >= 11 is 3.07. The predicted octanol–water partition coefficient (Wildman–Crippen LogP) is 2.84. The third-order valence-corrected chi connectivity index (χ3v) is 5.86. The molecule has 1 fully saturated rings. The lowest BCUT2D eigenvalue weighted by atomic mass is 10.2. The van der Waals surface area contributed by atoms with E-state index in [0.29, 0.717) is 12.1 Å². The Labute approximate surface area is 159 Å². The van der Waals surface area contributed by atoms with E-state index in [0.717, 1.165) is 12.8 Å². The normalized spacial score (nSPS) is 16.5. The van der Waals surface area contributed by atoms with Crippen molar-refractivity contribution in [3.8, 4) is 0 Å². The number of nitrogens with one attached hydrogen (secondary N) is 1. The van der Waals surface area contributed by atoms with Crippen molar-refractivity contribution in [3.63, 3.8) is 0 Å². The molecule has 0 bridgehead atoms. The van der Waals surface area contributed by atoms with Gasteiger partial charge < -0.3 is 15.0 Å². The van der Waals surface area contributed by atoms with Gasteiger partial charge in [0, 0.05) is 28.9 Å². The highest BCUT2D eigenvalue weighted by Crippen LogP contribution is 2.34. The highest BCUT2D eigenvalue weighted by molar-refractivity contribution is 7.10. The third-order valence-electron chi connectivity index (χ3n) is 4.20. The van der Waals surface area contributed by atoms with E-state index in [2.05, 4.69) is 5.32 Å². The topological polar surface area (TPSA) is 75.7 Å². The number of likely N-dealkylation sites (tertiary alicyclic amines) is 1. The molecule has 1 aliphatic rings. The first-order valence-corrected chi connectivity index (χ1v) is 10.3. The molecule has 0 spiro atoms. The largest absolute Gasteiger partial charge is 0.456 e. The number of ether oxygens (including phenoxy) is 1. The van der Waals surface area contributed by atoms with Crippen LogP contribution in [0, 0.1) is 0 Å². The Morgan fingerprint density at radius 3 is 2.88 bits per heavy atom. The zero-order valence-corrected chi connectivity index (χ0v) is 15.8. The number of carbonyl (C=O) groups is 3. The second kappa shape index (κ2) is 8.95. The lowest BCUT2D eigenvalue weighted by molar-refractivity contribution is -0.152. The molecule has 2 amide bonds. The van der Waals surface area contributed by atoms with Crippen LogP contribution in [0.1, 0.15) is 40.5 Å². The number of thiophene rings is 2. The number of nitrogens with zero attached hydrogens (tertiary/aromatic N) is 1. The highest BCUT2D eigenvalue weighted by Gasteiger charge is 2.30. The van der Waals surface area contributed by atoms with E-state index in [1.54, 1.807) is 27.7 Å². The summed E-state index contributed by atoms with van der Waals surface area (Å²) in [5.74, 6) is -0.876. The van der Waals surface area contributed by atoms with E-state index < -0.39 is 5.97 Å². The maximum atomic E-state index is 12.4. The van der Waals surface area contributed by atoms with Crippen LogP contribution in [0.25, 0.3) is 0 Å². The molecule has 0 aliphatic carbocycles. The maximum Gasteiger partial charge on any atom is 0.308 e. The van der Waals surface area contributed by atoms with Gasteiger partial charge in [-0.2, -0.15) is 11.3 Å². The quantitative estimate of drug-likeness (QED) is 0.735. The predicted molar refractivity (Wildman–Crippen MR) is 100 cm³/mol. The first-order chi connectivity index (χ1) is 12.6. The molecule has 3 rings (SSSR count). The lowest BCUT2D eigenvalue weighted by Gasteiger charge is -2.23. The van der Waals surface area contributed by atoms with Crippen LogP contribution in [-0.2, 0) is 14.3 Å². The van der Waals surface area contributed by atoms with Gasteiger partial charge >= 0.3 is 5.97 Å². The van der Waals surface area contributed by atoms with Gasteiger partial charge in [0.1, 0.15) is 0 Å². The van der Waals surface area contributed by atoms with Crippen LogP contribution in [0.2, 0.25) is 0 Å². The Balaban J connectivity index is 1.38. The fourth-order valence-corrected chi connectivity index (χ4v) is 4.42. The van der Waals surface area contributed by atoms with Crippen molar-refractivity contribution in [1.29, 1.82) is 0 Å². The van der Waals surface area contributed by atoms with Gasteiger partial charge in [-0.3, -0.25) is 14.4 Å². The van der Waals surface area contributed by atoms with Crippen LogP contribution < -0.4 is 5.32 Å². The Morgan fingerprint density at radius 1 is 1.27 bits per heavy atom. The van der Waals surface area contributed by atoms with Gasteiger partial charge in [0.15, 0.2) is 6.61 Å². The van der Waals surface area contributed by atoms with Crippen molar-refractivity contribution in [2.24, 2.45) is 0 Å². The molecule has 2 aromatic rings. The molecule has 3 heterocycles. The maximum absolute atomic E-state index is 12.4. The van der Waals surface area contributed by atoms with Gasteiger partial charge in [-0.1, -0.05) is 6.07 Å². The molecule has 6 nitrogen and oxygen atoms in total. The summed E-state index contributed by atoms with van der Waals surface area (Å²) in [6.07, 6.45) is 1.93. The minimum absolute atomic E-state index is 0.0392. The number of rotatable bonds is 7. The van der Waals surface area contributed by atoms with Crippen molar-refractivity contribution in [2.75, 3.05) is 19.7 Å². The van der Waals surface area contributed by atoms with E-state index in [9.17, 15) is 14.4 Å². The van der Waals surface area contributed by atoms with E-state index in [1.165, 1.54) is 16.2 Å². The van der Waals surface area contributed by atoms with E-state index >= 15 is 0 Å². The first kappa shape index (κ1) is 18.6. The molecule has 1 unspecified atom stereocenters. The molecule has 1 atom stereocenters. The zero-order valence-electron chi connectivity index (χ0n) is 14.2. The van der Waals surface area contributed by atoms with Crippen LogP contribution in [0.3, 0.4) is 0 Å². The average molecular weight is 393 g/mol. The van der Waals surface area contributed by atoms with Crippen LogP contribution in [0.15, 0.2) is 34.3 Å².